The molecule has 0 heterocycles. The molecule has 1 N–H and O–H groups in total. The summed E-state index contributed by atoms with van der Waals surface area (Å²) in [6, 6.07) is 22.4. The maximum Gasteiger partial charge on any atom is 0.244 e. The second-order valence-electron chi connectivity index (χ2n) is 9.14. The van der Waals surface area contributed by atoms with Gasteiger partial charge in [0.05, 0.1) is 25.7 Å². The Balaban J connectivity index is 2.07. The average Bonchev–Trinajstić information content (AvgIpc) is 2.94. The van der Waals surface area contributed by atoms with Crippen LogP contribution >= 0.6 is 0 Å². The van der Waals surface area contributed by atoms with Crippen LogP contribution in [-0.2, 0) is 32.6 Å². The number of methoxy groups -OCH3 is 1. The van der Waals surface area contributed by atoms with Crippen LogP contribution < -0.4 is 19.1 Å². The minimum absolute atomic E-state index is 0.0649. The topological polar surface area (TPSA) is 105 Å². The number of sulfonamides is 1. The number of rotatable bonds is 14. The van der Waals surface area contributed by atoms with Crippen LogP contribution in [0.3, 0.4) is 0 Å². The average molecular weight is 568 g/mol. The number of nitrogens with zero attached hydrogens (tertiary/aromatic N) is 2. The van der Waals surface area contributed by atoms with Gasteiger partial charge in [0.1, 0.15) is 24.1 Å². The van der Waals surface area contributed by atoms with E-state index in [9.17, 15) is 18.0 Å². The van der Waals surface area contributed by atoms with Gasteiger partial charge in [-0.3, -0.25) is 13.9 Å². The fourth-order valence-electron chi connectivity index (χ4n) is 4.35. The molecule has 2 amide bonds. The van der Waals surface area contributed by atoms with Crippen LogP contribution in [0, 0.1) is 0 Å². The molecule has 40 heavy (non-hydrogen) atoms. The molecule has 0 spiro atoms. The number of para-hydroxylation sites is 2. The minimum Gasteiger partial charge on any atom is -0.497 e. The van der Waals surface area contributed by atoms with Crippen molar-refractivity contribution in [2.45, 2.75) is 32.9 Å². The van der Waals surface area contributed by atoms with Crippen molar-refractivity contribution >= 4 is 27.5 Å². The summed E-state index contributed by atoms with van der Waals surface area (Å²) >= 11 is 0. The summed E-state index contributed by atoms with van der Waals surface area (Å²) in [5.74, 6) is 0.0769. The van der Waals surface area contributed by atoms with Crippen molar-refractivity contribution in [2.75, 3.05) is 37.4 Å². The zero-order chi connectivity index (χ0) is 29.1. The second-order valence-corrected chi connectivity index (χ2v) is 11.1. The molecule has 0 aliphatic heterocycles. The van der Waals surface area contributed by atoms with Gasteiger partial charge in [0.15, 0.2) is 0 Å². The molecule has 3 aromatic carbocycles. The predicted molar refractivity (Wildman–Crippen MR) is 156 cm³/mol. The minimum atomic E-state index is -3.90. The Labute approximate surface area is 236 Å². The molecule has 9 nitrogen and oxygen atoms in total. The van der Waals surface area contributed by atoms with E-state index in [-0.39, 0.29) is 24.6 Å². The van der Waals surface area contributed by atoms with Crippen LogP contribution in [0.15, 0.2) is 78.9 Å². The van der Waals surface area contributed by atoms with E-state index in [0.29, 0.717) is 24.7 Å². The molecule has 0 saturated carbocycles. The largest absolute Gasteiger partial charge is 0.497 e. The van der Waals surface area contributed by atoms with Crippen molar-refractivity contribution in [3.8, 4) is 11.5 Å². The molecule has 0 saturated heterocycles. The van der Waals surface area contributed by atoms with Gasteiger partial charge in [-0.2, -0.15) is 0 Å². The molecule has 0 aromatic heterocycles. The van der Waals surface area contributed by atoms with Gasteiger partial charge in [0, 0.05) is 19.5 Å². The lowest BCUT2D eigenvalue weighted by Crippen LogP contribution is -2.53. The third-order valence-corrected chi connectivity index (χ3v) is 7.35. The first-order valence-corrected chi connectivity index (χ1v) is 15.0. The first-order valence-electron chi connectivity index (χ1n) is 13.1. The zero-order valence-corrected chi connectivity index (χ0v) is 24.2. The maximum atomic E-state index is 14.1. The van der Waals surface area contributed by atoms with Crippen LogP contribution in [0.2, 0.25) is 0 Å². The number of anilines is 1. The van der Waals surface area contributed by atoms with Crippen LogP contribution in [0.1, 0.15) is 25.0 Å². The normalized spacial score (nSPS) is 11.8. The van der Waals surface area contributed by atoms with Crippen LogP contribution in [0.5, 0.6) is 11.5 Å². The van der Waals surface area contributed by atoms with E-state index in [1.54, 1.807) is 56.5 Å². The van der Waals surface area contributed by atoms with E-state index >= 15 is 0 Å². The lowest BCUT2D eigenvalue weighted by Gasteiger charge is -2.33. The molecule has 3 rings (SSSR count). The van der Waals surface area contributed by atoms with Gasteiger partial charge in [-0.1, -0.05) is 54.6 Å². The Morgan fingerprint density at radius 1 is 0.925 bits per heavy atom. The number of hydrogen-bond acceptors (Lipinski definition) is 6. The van der Waals surface area contributed by atoms with Gasteiger partial charge in [0.25, 0.3) is 0 Å². The maximum absolute atomic E-state index is 14.1. The number of likely N-dealkylation sites (N-methyl/N-ethyl adjacent to an activating group) is 1. The van der Waals surface area contributed by atoms with Crippen molar-refractivity contribution in [1.29, 1.82) is 0 Å². The Hall–Kier alpha value is -4.05. The Kier molecular flexibility index (Phi) is 11.0. The summed E-state index contributed by atoms with van der Waals surface area (Å²) in [5.41, 5.74) is 1.85. The summed E-state index contributed by atoms with van der Waals surface area (Å²) in [6.07, 6.45) is 1.29. The molecule has 0 aliphatic rings. The molecule has 10 heteroatoms. The number of ether oxygens (including phenoxy) is 2. The van der Waals surface area contributed by atoms with Crippen LogP contribution in [-0.4, -0.2) is 64.2 Å². The van der Waals surface area contributed by atoms with E-state index in [1.807, 2.05) is 43.3 Å². The second kappa shape index (κ2) is 14.4. The monoisotopic (exact) mass is 567 g/mol. The Bertz CT molecular complexity index is 1380. The van der Waals surface area contributed by atoms with E-state index in [2.05, 4.69) is 5.32 Å². The van der Waals surface area contributed by atoms with E-state index in [1.165, 1.54) is 4.90 Å². The predicted octanol–water partition coefficient (Wildman–Crippen LogP) is 3.64. The van der Waals surface area contributed by atoms with Gasteiger partial charge in [0.2, 0.25) is 21.8 Å². The summed E-state index contributed by atoms with van der Waals surface area (Å²) < 4.78 is 38.0. The van der Waals surface area contributed by atoms with Crippen molar-refractivity contribution in [3.63, 3.8) is 0 Å². The molecule has 0 fully saturated rings. The standard InChI is InChI=1S/C30H37N3O6S/c1-5-31-30(35)27(20-23-13-8-7-9-14-23)32(21-24-15-12-16-25(19-24)38-3)29(34)22-33(40(4,36)37)26-17-10-11-18-28(26)39-6-2/h7-19,27H,5-6,20-22H2,1-4H3,(H,31,35). The molecule has 0 radical (unpaired) electrons. The number of amides is 2. The number of benzene rings is 3. The lowest BCUT2D eigenvalue weighted by atomic mass is 10.0. The molecule has 0 aliphatic carbocycles. The fraction of sp³-hybridized carbons (Fsp3) is 0.333. The van der Waals surface area contributed by atoms with Gasteiger partial charge in [-0.15, -0.1) is 0 Å². The quantitative estimate of drug-likeness (QED) is 0.319. The first-order chi connectivity index (χ1) is 19.2. The third-order valence-electron chi connectivity index (χ3n) is 6.22. The molecule has 1 atom stereocenters. The highest BCUT2D eigenvalue weighted by Crippen LogP contribution is 2.30. The van der Waals surface area contributed by atoms with Gasteiger partial charge in [-0.05, 0) is 49.2 Å². The van der Waals surface area contributed by atoms with E-state index in [0.717, 1.165) is 21.7 Å². The van der Waals surface area contributed by atoms with Crippen molar-refractivity contribution in [3.05, 3.63) is 90.0 Å². The van der Waals surface area contributed by atoms with E-state index in [4.69, 9.17) is 9.47 Å². The molecule has 214 valence electrons. The SMILES string of the molecule is CCNC(=O)C(Cc1ccccc1)N(Cc1cccc(OC)c1)C(=O)CN(c1ccccc1OCC)S(C)(=O)=O. The number of nitrogens with one attached hydrogen (secondary N) is 1. The highest BCUT2D eigenvalue weighted by molar-refractivity contribution is 7.92. The lowest BCUT2D eigenvalue weighted by molar-refractivity contribution is -0.140. The zero-order valence-electron chi connectivity index (χ0n) is 23.4. The van der Waals surface area contributed by atoms with Crippen LogP contribution in [0.25, 0.3) is 0 Å². The highest BCUT2D eigenvalue weighted by atomic mass is 32.2. The summed E-state index contributed by atoms with van der Waals surface area (Å²) in [5, 5.41) is 2.84. The molecule has 1 unspecified atom stereocenters. The van der Waals surface area contributed by atoms with Crippen molar-refractivity contribution in [2.24, 2.45) is 0 Å². The summed E-state index contributed by atoms with van der Waals surface area (Å²) in [4.78, 5) is 29.0. The van der Waals surface area contributed by atoms with Gasteiger partial charge < -0.3 is 19.7 Å². The smallest absolute Gasteiger partial charge is 0.244 e. The summed E-state index contributed by atoms with van der Waals surface area (Å²) in [7, 11) is -2.35. The first kappa shape index (κ1) is 30.5. The molecular weight excluding hydrogens is 530 g/mol. The third kappa shape index (κ3) is 8.22. The highest BCUT2D eigenvalue weighted by Gasteiger charge is 2.33. The van der Waals surface area contributed by atoms with E-state index < -0.39 is 28.5 Å². The number of hydrogen-bond donors (Lipinski definition) is 1. The Morgan fingerprint density at radius 2 is 1.60 bits per heavy atom. The number of carbonyl (C=O) groups is 2. The van der Waals surface area contributed by atoms with Crippen molar-refractivity contribution in [1.82, 2.24) is 10.2 Å². The van der Waals surface area contributed by atoms with Crippen LogP contribution in [0.4, 0.5) is 5.69 Å². The van der Waals surface area contributed by atoms with Gasteiger partial charge >= 0.3 is 0 Å². The Morgan fingerprint density at radius 3 is 2.25 bits per heavy atom. The number of carbonyl (C=O) groups excluding carboxylic acids is 2. The summed E-state index contributed by atoms with van der Waals surface area (Å²) in [6.45, 7) is 3.85. The fourth-order valence-corrected chi connectivity index (χ4v) is 5.20. The van der Waals surface area contributed by atoms with Gasteiger partial charge in [-0.25, -0.2) is 8.42 Å². The molecule has 3 aromatic rings. The molecule has 0 bridgehead atoms. The molecular formula is C30H37N3O6S. The van der Waals surface area contributed by atoms with Crippen molar-refractivity contribution < 1.29 is 27.5 Å².